The van der Waals surface area contributed by atoms with Crippen molar-refractivity contribution in [1.82, 2.24) is 30.5 Å². The molecule has 0 bridgehead atoms. The highest BCUT2D eigenvalue weighted by atomic mass is 35.5. The van der Waals surface area contributed by atoms with Gasteiger partial charge in [-0.15, -0.1) is 27.8 Å². The first-order chi connectivity index (χ1) is 27.1. The molecule has 12 nitrogen and oxygen atoms in total. The summed E-state index contributed by atoms with van der Waals surface area (Å²) in [6.07, 6.45) is 8.55. The fourth-order valence-electron chi connectivity index (χ4n) is 9.91. The Morgan fingerprint density at radius 1 is 1.12 bits per heavy atom. The molecule has 1 saturated heterocycles. The Morgan fingerprint density at radius 2 is 1.95 bits per heavy atom. The largest absolute Gasteiger partial charge is 0.460 e. The molecular weight excluding hydrogens is 772 g/mol. The minimum atomic E-state index is -1.86. The number of aryl methyl sites for hydroxylation is 2. The number of hydrogen-bond donors (Lipinski definition) is 5. The van der Waals surface area contributed by atoms with Gasteiger partial charge >= 0.3 is 5.97 Å². The molecule has 1 amide bonds. The van der Waals surface area contributed by atoms with Crippen LogP contribution in [0.5, 0.6) is 0 Å². The maximum Gasteiger partial charge on any atom is 0.349 e. The molecule has 0 spiro atoms. The number of esters is 1. The number of aliphatic hydroxyl groups excluding tert-OH is 2. The first-order valence-corrected chi connectivity index (χ1v) is 22.3. The summed E-state index contributed by atoms with van der Waals surface area (Å²) in [6, 6.07) is 9.25. The van der Waals surface area contributed by atoms with Gasteiger partial charge in [0.1, 0.15) is 11.6 Å². The first kappa shape index (κ1) is 39.9. The molecule has 1 aliphatic heterocycles. The van der Waals surface area contributed by atoms with E-state index >= 15 is 0 Å². The second-order valence-corrected chi connectivity index (χ2v) is 19.0. The van der Waals surface area contributed by atoms with Crippen LogP contribution in [0.2, 0.25) is 4.34 Å². The second-order valence-electron chi connectivity index (χ2n) is 16.3. The Balaban J connectivity index is 0.821. The Kier molecular flexibility index (Phi) is 12.2. The van der Waals surface area contributed by atoms with E-state index in [0.29, 0.717) is 52.5 Å². The summed E-state index contributed by atoms with van der Waals surface area (Å²) in [7, 11) is 2.17. The Hall–Kier alpha value is -2.95. The molecule has 15 heteroatoms. The zero-order valence-electron chi connectivity index (χ0n) is 31.9. The average Bonchev–Trinajstić information content (AvgIpc) is 4.03. The van der Waals surface area contributed by atoms with Crippen LogP contribution in [0.15, 0.2) is 35.7 Å². The van der Waals surface area contributed by atoms with Crippen LogP contribution in [0.1, 0.15) is 90.7 Å². The van der Waals surface area contributed by atoms with E-state index < -0.39 is 23.8 Å². The molecule has 0 radical (unpaired) electrons. The molecule has 3 aromatic heterocycles. The standard InChI is InChI=1S/C41H53ClN6O6S2/c1-47(25-8-10-26(11-9-25)54-40(52)41(53,34-7-3-20-55-34)35-15-16-36(42)56-35)18-4-19-48-39-30-6-2-5-27(30)24(21-31(39)45-46-48)22-43-23-33(50)28-12-14-32(49)38-29(28)13-17-37(51)44-38/h3,7,15-16,20-21,25-26,28-29,32-33,38,43,49-50,53H,2,4-6,8-14,17-19,22-23H2,1H3,(H,44,51)/t25?,26?,28?,29?,32?,33-,38?,41+/m0/s1. The number of amides is 1. The minimum Gasteiger partial charge on any atom is -0.460 e. The van der Waals surface area contributed by atoms with Crippen molar-refractivity contribution in [2.24, 2.45) is 11.8 Å². The summed E-state index contributed by atoms with van der Waals surface area (Å²) in [6.45, 7) is 2.79. The highest BCUT2D eigenvalue weighted by Gasteiger charge is 2.46. The van der Waals surface area contributed by atoms with Crippen molar-refractivity contribution < 1.29 is 29.6 Å². The Bertz CT molecular complexity index is 2000. The monoisotopic (exact) mass is 824 g/mol. The van der Waals surface area contributed by atoms with Crippen LogP contribution in [0.3, 0.4) is 0 Å². The van der Waals surface area contributed by atoms with Crippen LogP contribution in [0, 0.1) is 11.8 Å². The number of nitrogens with zero attached hydrogens (tertiary/aromatic N) is 4. The van der Waals surface area contributed by atoms with Crippen molar-refractivity contribution in [3.8, 4) is 0 Å². The van der Waals surface area contributed by atoms with Crippen molar-refractivity contribution in [3.05, 3.63) is 66.5 Å². The van der Waals surface area contributed by atoms with E-state index in [4.69, 9.17) is 16.3 Å². The third-order valence-electron chi connectivity index (χ3n) is 12.9. The molecule has 4 unspecified atom stereocenters. The quantitative estimate of drug-likeness (QED) is 0.110. The molecule has 4 heterocycles. The van der Waals surface area contributed by atoms with Crippen LogP contribution >= 0.6 is 34.3 Å². The smallest absolute Gasteiger partial charge is 0.349 e. The number of carbonyl (C=O) groups excluding carboxylic acids is 2. The van der Waals surface area contributed by atoms with Crippen molar-refractivity contribution in [2.45, 2.75) is 126 Å². The molecule has 4 aromatic rings. The Labute approximate surface area is 340 Å². The van der Waals surface area contributed by atoms with Crippen LogP contribution in [0.4, 0.5) is 0 Å². The predicted octanol–water partition coefficient (Wildman–Crippen LogP) is 4.93. The summed E-state index contributed by atoms with van der Waals surface area (Å²) in [4.78, 5) is 28.9. The van der Waals surface area contributed by atoms with Gasteiger partial charge in [0.15, 0.2) is 0 Å². The first-order valence-electron chi connectivity index (χ1n) is 20.3. The maximum atomic E-state index is 13.5. The highest BCUT2D eigenvalue weighted by Crippen LogP contribution is 2.41. The lowest BCUT2D eigenvalue weighted by Crippen LogP contribution is -2.58. The normalized spacial score (nSPS) is 26.8. The van der Waals surface area contributed by atoms with Crippen molar-refractivity contribution in [1.29, 1.82) is 0 Å². The highest BCUT2D eigenvalue weighted by molar-refractivity contribution is 7.16. The lowest BCUT2D eigenvalue weighted by Gasteiger charge is -2.45. The second kappa shape index (κ2) is 17.1. The summed E-state index contributed by atoms with van der Waals surface area (Å²) in [5, 5.41) is 51.0. The minimum absolute atomic E-state index is 0.00765. The van der Waals surface area contributed by atoms with Crippen LogP contribution < -0.4 is 10.6 Å². The molecule has 1 aromatic carbocycles. The number of piperidine rings is 1. The number of thiophene rings is 2. The van der Waals surface area contributed by atoms with Crippen LogP contribution in [0.25, 0.3) is 11.0 Å². The third kappa shape index (κ3) is 8.05. The van der Waals surface area contributed by atoms with Crippen molar-refractivity contribution >= 4 is 57.2 Å². The topological polar surface area (TPSA) is 162 Å². The summed E-state index contributed by atoms with van der Waals surface area (Å²) in [5.41, 5.74) is 4.14. The van der Waals surface area contributed by atoms with Gasteiger partial charge in [-0.1, -0.05) is 22.9 Å². The van der Waals surface area contributed by atoms with Gasteiger partial charge < -0.3 is 35.6 Å². The number of benzene rings is 1. The van der Waals surface area contributed by atoms with E-state index in [1.807, 2.05) is 11.4 Å². The van der Waals surface area contributed by atoms with E-state index in [2.05, 4.69) is 43.6 Å². The molecule has 3 aliphatic carbocycles. The van der Waals surface area contributed by atoms with Gasteiger partial charge in [-0.05, 0) is 142 Å². The molecule has 4 aliphatic rings. The molecule has 56 heavy (non-hydrogen) atoms. The average molecular weight is 825 g/mol. The third-order valence-corrected chi connectivity index (χ3v) is 15.2. The lowest BCUT2D eigenvalue weighted by atomic mass is 9.68. The summed E-state index contributed by atoms with van der Waals surface area (Å²) in [5.74, 6) is -0.507. The predicted molar refractivity (Wildman–Crippen MR) is 217 cm³/mol. The molecular formula is C41H53ClN6O6S2. The van der Waals surface area contributed by atoms with Gasteiger partial charge in [-0.2, -0.15) is 0 Å². The molecule has 3 fully saturated rings. The van der Waals surface area contributed by atoms with E-state index in [0.717, 1.165) is 81.9 Å². The van der Waals surface area contributed by atoms with Gasteiger partial charge in [0.2, 0.25) is 11.5 Å². The lowest BCUT2D eigenvalue weighted by molar-refractivity contribution is -0.169. The number of aliphatic hydroxyl groups is 3. The fourth-order valence-corrected chi connectivity index (χ4v) is 11.9. The molecule has 302 valence electrons. The zero-order valence-corrected chi connectivity index (χ0v) is 34.3. The fraction of sp³-hybridized carbons (Fsp3) is 0.610. The number of rotatable bonds is 14. The van der Waals surface area contributed by atoms with E-state index in [1.165, 1.54) is 39.4 Å². The number of ether oxygens (including phenoxy) is 1. The zero-order chi connectivity index (χ0) is 39.0. The van der Waals surface area contributed by atoms with Crippen LogP contribution in [-0.4, -0.2) is 97.6 Å². The molecule has 5 N–H and O–H groups in total. The molecule has 2 saturated carbocycles. The SMILES string of the molecule is CN(CCCn1nnc2cc(CNC[C@H](O)C3CCC(O)C4NC(=O)CCC43)c3c(c21)CCC3)C1CCC(OC(=O)[C@@](O)(c2cccs2)c2ccc(Cl)s2)CC1. The molecule has 8 rings (SSSR count). The van der Waals surface area contributed by atoms with E-state index in [-0.39, 0.29) is 29.9 Å². The van der Waals surface area contributed by atoms with Gasteiger partial charge in [-0.3, -0.25) is 4.79 Å². The van der Waals surface area contributed by atoms with Crippen molar-refractivity contribution in [2.75, 3.05) is 20.1 Å². The van der Waals surface area contributed by atoms with Crippen LogP contribution in [-0.2, 0) is 45.9 Å². The summed E-state index contributed by atoms with van der Waals surface area (Å²) >= 11 is 8.69. The number of aromatic nitrogens is 3. The van der Waals surface area contributed by atoms with Gasteiger partial charge in [0.25, 0.3) is 0 Å². The summed E-state index contributed by atoms with van der Waals surface area (Å²) < 4.78 is 8.57. The maximum absolute atomic E-state index is 13.5. The van der Waals surface area contributed by atoms with E-state index in [1.54, 1.807) is 18.2 Å². The number of carbonyl (C=O) groups is 2. The van der Waals surface area contributed by atoms with Crippen molar-refractivity contribution in [3.63, 3.8) is 0 Å². The number of nitrogens with one attached hydrogen (secondary N) is 2. The molecule has 6 atom stereocenters. The van der Waals surface area contributed by atoms with Gasteiger partial charge in [0, 0.05) is 32.1 Å². The number of fused-ring (bicyclic) bond motifs is 4. The van der Waals surface area contributed by atoms with Gasteiger partial charge in [-0.25, -0.2) is 9.48 Å². The van der Waals surface area contributed by atoms with E-state index in [9.17, 15) is 24.9 Å². The van der Waals surface area contributed by atoms with Gasteiger partial charge in [0.05, 0.1) is 37.9 Å². The number of hydrogen-bond acceptors (Lipinski definition) is 12. The Morgan fingerprint density at radius 3 is 2.71 bits per heavy atom. The number of halogens is 1.